The number of piperazine rings is 1. The molecule has 2 aliphatic rings. The van der Waals surface area contributed by atoms with Crippen molar-refractivity contribution in [1.29, 1.82) is 0 Å². The number of hydrogen-bond donors (Lipinski definition) is 1. The molecule has 0 spiro atoms. The normalized spacial score (nSPS) is 24.7. The maximum atomic E-state index is 12.7. The van der Waals surface area contributed by atoms with Gasteiger partial charge in [0.25, 0.3) is 5.91 Å². The number of nitrogens with zero attached hydrogens (tertiary/aromatic N) is 1. The van der Waals surface area contributed by atoms with E-state index in [0.29, 0.717) is 12.5 Å². The number of hydrogen-bond acceptors (Lipinski definition) is 3. The number of hydroxylamine groups is 2. The molecule has 23 heavy (non-hydrogen) atoms. The summed E-state index contributed by atoms with van der Waals surface area (Å²) in [6, 6.07) is 9.99. The van der Waals surface area contributed by atoms with Crippen LogP contribution in [0.2, 0.25) is 0 Å². The van der Waals surface area contributed by atoms with Gasteiger partial charge in [-0.25, -0.2) is 5.06 Å². The number of rotatable bonds is 5. The van der Waals surface area contributed by atoms with E-state index in [2.05, 4.69) is 24.4 Å². The Balaban J connectivity index is 1.56. The smallest absolute Gasteiger partial charge is 0.263 e. The molecule has 1 saturated carbocycles. The SMILES string of the molecule is CC(ON1CCNC(Cc2ccccc2)C1=O)C1CCCCC1. The molecule has 1 aliphatic heterocycles. The molecule has 126 valence electrons. The molecular weight excluding hydrogens is 288 g/mol. The van der Waals surface area contributed by atoms with Gasteiger partial charge in [0, 0.05) is 6.54 Å². The van der Waals surface area contributed by atoms with Gasteiger partial charge in [-0.05, 0) is 37.7 Å². The maximum Gasteiger partial charge on any atom is 0.263 e. The Morgan fingerprint density at radius 1 is 1.22 bits per heavy atom. The van der Waals surface area contributed by atoms with E-state index >= 15 is 0 Å². The van der Waals surface area contributed by atoms with Crippen LogP contribution in [0.4, 0.5) is 0 Å². The first-order valence-electron chi connectivity index (χ1n) is 8.99. The third-order valence-electron chi connectivity index (χ3n) is 5.14. The zero-order valence-electron chi connectivity index (χ0n) is 14.0. The molecule has 1 aliphatic carbocycles. The molecule has 4 nitrogen and oxygen atoms in total. The molecule has 2 unspecified atom stereocenters. The van der Waals surface area contributed by atoms with Crippen LogP contribution < -0.4 is 5.32 Å². The molecule has 0 bridgehead atoms. The van der Waals surface area contributed by atoms with Gasteiger partial charge >= 0.3 is 0 Å². The van der Waals surface area contributed by atoms with Crippen LogP contribution in [0.5, 0.6) is 0 Å². The van der Waals surface area contributed by atoms with E-state index in [4.69, 9.17) is 4.84 Å². The summed E-state index contributed by atoms with van der Waals surface area (Å²) in [5, 5.41) is 4.94. The van der Waals surface area contributed by atoms with Crippen LogP contribution >= 0.6 is 0 Å². The quantitative estimate of drug-likeness (QED) is 0.908. The average molecular weight is 316 g/mol. The van der Waals surface area contributed by atoms with Gasteiger partial charge in [-0.15, -0.1) is 0 Å². The molecule has 1 aromatic carbocycles. The second kappa shape index (κ2) is 7.93. The lowest BCUT2D eigenvalue weighted by molar-refractivity contribution is -0.219. The van der Waals surface area contributed by atoms with Crippen molar-refractivity contribution in [2.75, 3.05) is 13.1 Å². The van der Waals surface area contributed by atoms with Crippen LogP contribution in [0.3, 0.4) is 0 Å². The summed E-state index contributed by atoms with van der Waals surface area (Å²) in [6.45, 7) is 3.55. The third kappa shape index (κ3) is 4.33. The van der Waals surface area contributed by atoms with Crippen molar-refractivity contribution in [3.63, 3.8) is 0 Å². The summed E-state index contributed by atoms with van der Waals surface area (Å²) in [4.78, 5) is 18.7. The number of amides is 1. The second-order valence-corrected chi connectivity index (χ2v) is 6.85. The highest BCUT2D eigenvalue weighted by Crippen LogP contribution is 2.28. The van der Waals surface area contributed by atoms with Crippen molar-refractivity contribution >= 4 is 5.91 Å². The molecule has 4 heteroatoms. The Kier molecular flexibility index (Phi) is 5.68. The highest BCUT2D eigenvalue weighted by Gasteiger charge is 2.32. The van der Waals surface area contributed by atoms with Crippen molar-refractivity contribution in [3.05, 3.63) is 35.9 Å². The first kappa shape index (κ1) is 16.5. The van der Waals surface area contributed by atoms with Crippen LogP contribution in [0, 0.1) is 5.92 Å². The fourth-order valence-corrected chi connectivity index (χ4v) is 3.72. The Labute approximate surface area is 139 Å². The van der Waals surface area contributed by atoms with Crippen LogP contribution in [0.15, 0.2) is 30.3 Å². The lowest BCUT2D eigenvalue weighted by Gasteiger charge is -2.36. The van der Waals surface area contributed by atoms with Crippen LogP contribution in [-0.4, -0.2) is 36.2 Å². The Morgan fingerprint density at radius 2 is 1.96 bits per heavy atom. The zero-order chi connectivity index (χ0) is 16.1. The number of carbonyl (C=O) groups excluding carboxylic acids is 1. The minimum absolute atomic E-state index is 0.0720. The van der Waals surface area contributed by atoms with Crippen LogP contribution in [-0.2, 0) is 16.1 Å². The highest BCUT2D eigenvalue weighted by atomic mass is 16.7. The van der Waals surface area contributed by atoms with Gasteiger partial charge in [-0.3, -0.25) is 9.63 Å². The van der Waals surface area contributed by atoms with E-state index in [-0.39, 0.29) is 18.1 Å². The van der Waals surface area contributed by atoms with Gasteiger partial charge < -0.3 is 5.32 Å². The Morgan fingerprint density at radius 3 is 2.70 bits per heavy atom. The zero-order valence-corrected chi connectivity index (χ0v) is 14.0. The Bertz CT molecular complexity index is 499. The van der Waals surface area contributed by atoms with Crippen molar-refractivity contribution < 1.29 is 9.63 Å². The third-order valence-corrected chi connectivity index (χ3v) is 5.14. The molecule has 2 atom stereocenters. The monoisotopic (exact) mass is 316 g/mol. The molecule has 1 amide bonds. The lowest BCUT2D eigenvalue weighted by Crippen LogP contribution is -2.56. The fraction of sp³-hybridized carbons (Fsp3) is 0.632. The van der Waals surface area contributed by atoms with Gasteiger partial charge in [0.1, 0.15) is 0 Å². The number of carbonyl (C=O) groups is 1. The minimum atomic E-state index is -0.176. The van der Waals surface area contributed by atoms with E-state index in [1.165, 1.54) is 37.7 Å². The fourth-order valence-electron chi connectivity index (χ4n) is 3.72. The number of nitrogens with one attached hydrogen (secondary N) is 1. The Hall–Kier alpha value is -1.39. The summed E-state index contributed by atoms with van der Waals surface area (Å²) in [6.07, 6.45) is 7.25. The lowest BCUT2D eigenvalue weighted by atomic mass is 9.86. The van der Waals surface area contributed by atoms with Gasteiger partial charge in [0.05, 0.1) is 18.7 Å². The van der Waals surface area contributed by atoms with Gasteiger partial charge in [-0.1, -0.05) is 49.6 Å². The van der Waals surface area contributed by atoms with E-state index < -0.39 is 0 Å². The van der Waals surface area contributed by atoms with E-state index in [1.807, 2.05) is 18.2 Å². The largest absolute Gasteiger partial charge is 0.304 e. The predicted octanol–water partition coefficient (Wildman–Crippen LogP) is 2.93. The molecule has 1 N–H and O–H groups in total. The van der Waals surface area contributed by atoms with E-state index in [0.717, 1.165) is 13.0 Å². The van der Waals surface area contributed by atoms with Gasteiger partial charge in [0.15, 0.2) is 0 Å². The van der Waals surface area contributed by atoms with E-state index in [9.17, 15) is 4.79 Å². The summed E-state index contributed by atoms with van der Waals surface area (Å²) >= 11 is 0. The minimum Gasteiger partial charge on any atom is -0.304 e. The summed E-state index contributed by atoms with van der Waals surface area (Å²) in [7, 11) is 0. The van der Waals surface area contributed by atoms with Crippen molar-refractivity contribution in [2.24, 2.45) is 5.92 Å². The molecule has 2 fully saturated rings. The van der Waals surface area contributed by atoms with Gasteiger partial charge in [0.2, 0.25) is 0 Å². The molecule has 0 radical (unpaired) electrons. The first-order valence-corrected chi connectivity index (χ1v) is 8.99. The average Bonchev–Trinajstić information content (AvgIpc) is 2.60. The first-order chi connectivity index (χ1) is 11.2. The summed E-state index contributed by atoms with van der Waals surface area (Å²) in [5.74, 6) is 0.668. The van der Waals surface area contributed by atoms with Crippen molar-refractivity contribution in [2.45, 2.75) is 57.6 Å². The van der Waals surface area contributed by atoms with E-state index in [1.54, 1.807) is 5.06 Å². The summed E-state index contributed by atoms with van der Waals surface area (Å²) in [5.41, 5.74) is 1.18. The molecule has 1 heterocycles. The van der Waals surface area contributed by atoms with Crippen LogP contribution in [0.25, 0.3) is 0 Å². The molecule has 0 aromatic heterocycles. The predicted molar refractivity (Wildman–Crippen MR) is 90.8 cm³/mol. The van der Waals surface area contributed by atoms with Gasteiger partial charge in [-0.2, -0.15) is 0 Å². The van der Waals surface area contributed by atoms with Crippen LogP contribution in [0.1, 0.15) is 44.6 Å². The molecular formula is C19H28N2O2. The summed E-state index contributed by atoms with van der Waals surface area (Å²) < 4.78 is 0. The molecule has 3 rings (SSSR count). The standard InChI is InChI=1S/C19H28N2O2/c1-15(17-10-6-3-7-11-17)23-21-13-12-20-18(19(21)22)14-16-8-4-2-5-9-16/h2,4-5,8-9,15,17-18,20H,3,6-7,10-14H2,1H3. The second-order valence-electron chi connectivity index (χ2n) is 6.85. The topological polar surface area (TPSA) is 41.6 Å². The highest BCUT2D eigenvalue weighted by molar-refractivity contribution is 5.82. The van der Waals surface area contributed by atoms with Crippen molar-refractivity contribution in [1.82, 2.24) is 10.4 Å². The maximum absolute atomic E-state index is 12.7. The van der Waals surface area contributed by atoms with Crippen molar-refractivity contribution in [3.8, 4) is 0 Å². The number of benzene rings is 1. The molecule has 1 saturated heterocycles. The molecule has 1 aromatic rings.